The van der Waals surface area contributed by atoms with Crippen molar-refractivity contribution in [1.29, 1.82) is 0 Å². The minimum absolute atomic E-state index is 0.0393. The lowest BCUT2D eigenvalue weighted by Crippen LogP contribution is -2.44. The highest BCUT2D eigenvalue weighted by atomic mass is 16.3. The van der Waals surface area contributed by atoms with Crippen molar-refractivity contribution in [3.05, 3.63) is 40.4 Å². The highest BCUT2D eigenvalue weighted by Crippen LogP contribution is 2.12. The Bertz CT molecular complexity index is 769. The lowest BCUT2D eigenvalue weighted by molar-refractivity contribution is -0.134. The molecule has 116 valence electrons. The number of rotatable bonds is 2. The van der Waals surface area contributed by atoms with Crippen molar-refractivity contribution in [2.24, 2.45) is 0 Å². The summed E-state index contributed by atoms with van der Waals surface area (Å²) in [7, 11) is 0. The molecule has 0 saturated carbocycles. The number of aryl methyl sites for hydroxylation is 1. The molecule has 3 rings (SSSR count). The fraction of sp³-hybridized carbons (Fsp3) is 0.438. The maximum absolute atomic E-state index is 12.5. The van der Waals surface area contributed by atoms with Crippen LogP contribution >= 0.6 is 0 Å². The first-order valence-corrected chi connectivity index (χ1v) is 7.47. The molecule has 0 bridgehead atoms. The molecule has 0 radical (unpaired) electrons. The van der Waals surface area contributed by atoms with Crippen molar-refractivity contribution >= 4 is 16.8 Å². The fourth-order valence-electron chi connectivity index (χ4n) is 2.88. The van der Waals surface area contributed by atoms with Gasteiger partial charge in [-0.05, 0) is 31.4 Å². The summed E-state index contributed by atoms with van der Waals surface area (Å²) in [5.41, 5.74) is 1.40. The smallest absolute Gasteiger partial charge is 0.261 e. The molecule has 1 aromatic heterocycles. The molecule has 6 nitrogen and oxygen atoms in total. The third-order valence-corrected chi connectivity index (χ3v) is 4.11. The number of para-hydroxylation sites is 1. The van der Waals surface area contributed by atoms with E-state index >= 15 is 0 Å². The summed E-state index contributed by atoms with van der Waals surface area (Å²) in [5.74, 6) is -0.158. The van der Waals surface area contributed by atoms with Crippen LogP contribution < -0.4 is 5.56 Å². The first-order valence-electron chi connectivity index (χ1n) is 7.47. The number of benzene rings is 1. The number of fused-ring (bicyclic) bond motifs is 1. The van der Waals surface area contributed by atoms with Gasteiger partial charge in [-0.2, -0.15) is 0 Å². The Morgan fingerprint density at radius 1 is 1.45 bits per heavy atom. The molecule has 1 amide bonds. The summed E-state index contributed by atoms with van der Waals surface area (Å²) >= 11 is 0. The number of aliphatic hydroxyl groups is 1. The van der Waals surface area contributed by atoms with Gasteiger partial charge in [0.1, 0.15) is 6.54 Å². The van der Waals surface area contributed by atoms with Crippen LogP contribution in [-0.4, -0.2) is 44.7 Å². The van der Waals surface area contributed by atoms with E-state index in [2.05, 4.69) is 4.98 Å². The number of hydrogen-bond acceptors (Lipinski definition) is 4. The van der Waals surface area contributed by atoms with E-state index in [-0.39, 0.29) is 18.0 Å². The van der Waals surface area contributed by atoms with Crippen LogP contribution in [0.5, 0.6) is 0 Å². The van der Waals surface area contributed by atoms with Crippen LogP contribution in [0.25, 0.3) is 10.9 Å². The van der Waals surface area contributed by atoms with Gasteiger partial charge >= 0.3 is 0 Å². The van der Waals surface area contributed by atoms with E-state index in [0.717, 1.165) is 18.4 Å². The highest BCUT2D eigenvalue weighted by Gasteiger charge is 2.22. The van der Waals surface area contributed by atoms with Crippen LogP contribution in [0.4, 0.5) is 0 Å². The van der Waals surface area contributed by atoms with E-state index in [1.165, 1.54) is 10.9 Å². The molecule has 1 aliphatic heterocycles. The van der Waals surface area contributed by atoms with E-state index in [0.29, 0.717) is 24.0 Å². The minimum Gasteiger partial charge on any atom is -0.391 e. The summed E-state index contributed by atoms with van der Waals surface area (Å²) in [5, 5.41) is 10.2. The summed E-state index contributed by atoms with van der Waals surface area (Å²) in [6.45, 7) is 2.83. The summed E-state index contributed by atoms with van der Waals surface area (Å²) < 4.78 is 1.34. The first-order chi connectivity index (χ1) is 10.6. The maximum atomic E-state index is 12.5. The topological polar surface area (TPSA) is 75.4 Å². The zero-order valence-corrected chi connectivity index (χ0v) is 12.5. The molecule has 1 saturated heterocycles. The third-order valence-electron chi connectivity index (χ3n) is 4.11. The number of piperidine rings is 1. The van der Waals surface area contributed by atoms with Gasteiger partial charge in [0.25, 0.3) is 5.56 Å². The average Bonchev–Trinajstić information content (AvgIpc) is 2.50. The molecule has 1 atom stereocenters. The number of amides is 1. The molecular weight excluding hydrogens is 282 g/mol. The van der Waals surface area contributed by atoms with E-state index in [4.69, 9.17) is 0 Å². The standard InChI is InChI=1S/C16H19N3O3/c1-11-4-2-6-13-15(11)17-10-19(16(13)22)9-14(21)18-7-3-5-12(20)8-18/h2,4,6,10,12,20H,3,5,7-9H2,1H3/t12-/m0/s1. The van der Waals surface area contributed by atoms with E-state index in [1.807, 2.05) is 19.1 Å². The molecule has 1 fully saturated rings. The number of likely N-dealkylation sites (tertiary alicyclic amines) is 1. The molecule has 2 aromatic rings. The average molecular weight is 301 g/mol. The predicted molar refractivity (Wildman–Crippen MR) is 82.6 cm³/mol. The third kappa shape index (κ3) is 2.74. The summed E-state index contributed by atoms with van der Waals surface area (Å²) in [6, 6.07) is 5.44. The lowest BCUT2D eigenvalue weighted by atomic mass is 10.1. The monoisotopic (exact) mass is 301 g/mol. The summed E-state index contributed by atoms with van der Waals surface area (Å²) in [6.07, 6.45) is 2.47. The van der Waals surface area contributed by atoms with Gasteiger partial charge in [0.2, 0.25) is 5.91 Å². The molecule has 1 aliphatic rings. The number of β-amino-alcohol motifs (C(OH)–C–C–N with tert-alkyl or cyclic N) is 1. The summed E-state index contributed by atoms with van der Waals surface area (Å²) in [4.78, 5) is 30.7. The lowest BCUT2D eigenvalue weighted by Gasteiger charge is -2.30. The SMILES string of the molecule is Cc1cccc2c(=O)n(CC(=O)N3CCC[C@H](O)C3)cnc12. The fourth-order valence-corrected chi connectivity index (χ4v) is 2.88. The largest absolute Gasteiger partial charge is 0.391 e. The van der Waals surface area contributed by atoms with Crippen LogP contribution in [-0.2, 0) is 11.3 Å². The molecule has 22 heavy (non-hydrogen) atoms. The van der Waals surface area contributed by atoms with Crippen molar-refractivity contribution in [2.75, 3.05) is 13.1 Å². The van der Waals surface area contributed by atoms with Gasteiger partial charge in [-0.25, -0.2) is 4.98 Å². The molecule has 0 unspecified atom stereocenters. The Morgan fingerprint density at radius 3 is 3.05 bits per heavy atom. The van der Waals surface area contributed by atoms with Crippen molar-refractivity contribution in [3.8, 4) is 0 Å². The molecule has 1 N–H and O–H groups in total. The van der Waals surface area contributed by atoms with Crippen molar-refractivity contribution in [2.45, 2.75) is 32.4 Å². The molecule has 2 heterocycles. The zero-order chi connectivity index (χ0) is 15.7. The molecule has 0 aliphatic carbocycles. The number of carbonyl (C=O) groups is 1. The first kappa shape index (κ1) is 14.7. The Kier molecular flexibility index (Phi) is 3.94. The van der Waals surface area contributed by atoms with Gasteiger partial charge in [0.15, 0.2) is 0 Å². The number of nitrogens with zero attached hydrogens (tertiary/aromatic N) is 3. The Morgan fingerprint density at radius 2 is 2.27 bits per heavy atom. The van der Waals surface area contributed by atoms with E-state index < -0.39 is 6.10 Å². The normalized spacial score (nSPS) is 18.6. The van der Waals surface area contributed by atoms with Gasteiger partial charge < -0.3 is 10.0 Å². The second-order valence-electron chi connectivity index (χ2n) is 5.78. The van der Waals surface area contributed by atoms with Gasteiger partial charge in [0.05, 0.1) is 23.3 Å². The Labute approximate surface area is 128 Å². The number of carbonyl (C=O) groups excluding carboxylic acids is 1. The van der Waals surface area contributed by atoms with Crippen molar-refractivity contribution < 1.29 is 9.90 Å². The van der Waals surface area contributed by atoms with Crippen LogP contribution in [0.1, 0.15) is 18.4 Å². The second kappa shape index (κ2) is 5.88. The molecule has 0 spiro atoms. The highest BCUT2D eigenvalue weighted by molar-refractivity contribution is 5.81. The second-order valence-corrected chi connectivity index (χ2v) is 5.78. The Balaban J connectivity index is 1.86. The number of aliphatic hydroxyl groups excluding tert-OH is 1. The van der Waals surface area contributed by atoms with Gasteiger partial charge in [-0.15, -0.1) is 0 Å². The van der Waals surface area contributed by atoms with Crippen LogP contribution in [0.2, 0.25) is 0 Å². The van der Waals surface area contributed by atoms with Gasteiger partial charge in [0, 0.05) is 13.1 Å². The van der Waals surface area contributed by atoms with Crippen LogP contribution in [0, 0.1) is 6.92 Å². The predicted octanol–water partition coefficient (Wildman–Crippen LogP) is 0.688. The zero-order valence-electron chi connectivity index (χ0n) is 12.5. The number of hydrogen-bond donors (Lipinski definition) is 1. The van der Waals surface area contributed by atoms with Crippen molar-refractivity contribution in [3.63, 3.8) is 0 Å². The van der Waals surface area contributed by atoms with Gasteiger partial charge in [-0.3, -0.25) is 14.2 Å². The molecule has 6 heteroatoms. The van der Waals surface area contributed by atoms with E-state index in [9.17, 15) is 14.7 Å². The van der Waals surface area contributed by atoms with Gasteiger partial charge in [-0.1, -0.05) is 12.1 Å². The Hall–Kier alpha value is -2.21. The minimum atomic E-state index is -0.466. The molecular formula is C16H19N3O3. The van der Waals surface area contributed by atoms with Crippen LogP contribution in [0.15, 0.2) is 29.3 Å². The van der Waals surface area contributed by atoms with E-state index in [1.54, 1.807) is 11.0 Å². The van der Waals surface area contributed by atoms with Crippen LogP contribution in [0.3, 0.4) is 0 Å². The molecule has 1 aromatic carbocycles. The maximum Gasteiger partial charge on any atom is 0.261 e. The number of aromatic nitrogens is 2. The van der Waals surface area contributed by atoms with Crippen molar-refractivity contribution in [1.82, 2.24) is 14.5 Å². The quantitative estimate of drug-likeness (QED) is 0.885.